The van der Waals surface area contributed by atoms with Crippen LogP contribution in [-0.2, 0) is 27.4 Å². The molecule has 0 aliphatic heterocycles. The third-order valence-corrected chi connectivity index (χ3v) is 6.78. The molecule has 188 valence electrons. The van der Waals surface area contributed by atoms with E-state index in [0.717, 1.165) is 33.3 Å². The molecule has 1 amide bonds. The Kier molecular flexibility index (Phi) is 6.83. The average Bonchev–Trinajstić information content (AvgIpc) is 3.68. The Morgan fingerprint density at radius 2 is 1.92 bits per heavy atom. The quantitative estimate of drug-likeness (QED) is 0.199. The highest BCUT2D eigenvalue weighted by atomic mass is 16.5. The van der Waals surface area contributed by atoms with E-state index in [1.807, 2.05) is 66.7 Å². The van der Waals surface area contributed by atoms with Gasteiger partial charge in [-0.25, -0.2) is 10.5 Å². The zero-order chi connectivity index (χ0) is 25.8. The predicted molar refractivity (Wildman–Crippen MR) is 137 cm³/mol. The minimum atomic E-state index is -0.955. The molecule has 1 fully saturated rings. The van der Waals surface area contributed by atoms with E-state index in [1.165, 1.54) is 0 Å². The van der Waals surface area contributed by atoms with Crippen LogP contribution in [0.3, 0.4) is 0 Å². The van der Waals surface area contributed by atoms with Gasteiger partial charge in [-0.15, -0.1) is 0 Å². The van der Waals surface area contributed by atoms with Gasteiger partial charge in [0.15, 0.2) is 0 Å². The molecule has 0 bridgehead atoms. The first kappa shape index (κ1) is 24.4. The number of nitrogens with one attached hydrogen (secondary N) is 1. The number of hydroxylamine groups is 1. The van der Waals surface area contributed by atoms with Crippen molar-refractivity contribution in [2.45, 2.75) is 26.4 Å². The summed E-state index contributed by atoms with van der Waals surface area (Å²) in [7, 11) is 0. The number of amides is 1. The van der Waals surface area contributed by atoms with Gasteiger partial charge in [-0.2, -0.15) is 0 Å². The molecule has 0 radical (unpaired) electrons. The maximum absolute atomic E-state index is 12.6. The first-order valence-electron chi connectivity index (χ1n) is 12.2. The van der Waals surface area contributed by atoms with E-state index in [9.17, 15) is 9.59 Å². The molecule has 8 heteroatoms. The number of nitrogens with zero attached hydrogens (tertiary/aromatic N) is 2. The Hall–Kier alpha value is -4.30. The van der Waals surface area contributed by atoms with Crippen molar-refractivity contribution in [3.05, 3.63) is 90.3 Å². The lowest BCUT2D eigenvalue weighted by molar-refractivity contribution is -0.152. The van der Waals surface area contributed by atoms with Crippen molar-refractivity contribution in [3.8, 4) is 17.0 Å². The van der Waals surface area contributed by atoms with Crippen LogP contribution in [0.15, 0.2) is 79.1 Å². The fourth-order valence-electron chi connectivity index (χ4n) is 4.75. The normalized spacial score (nSPS) is 18.3. The lowest BCUT2D eigenvalue weighted by Crippen LogP contribution is -2.30. The van der Waals surface area contributed by atoms with Crippen molar-refractivity contribution in [1.82, 2.24) is 15.4 Å². The third-order valence-electron chi connectivity index (χ3n) is 6.78. The van der Waals surface area contributed by atoms with E-state index in [0.29, 0.717) is 25.2 Å². The molecule has 2 aromatic carbocycles. The van der Waals surface area contributed by atoms with Crippen molar-refractivity contribution >= 4 is 22.8 Å². The second kappa shape index (κ2) is 10.4. The van der Waals surface area contributed by atoms with Gasteiger partial charge in [-0.3, -0.25) is 19.8 Å². The van der Waals surface area contributed by atoms with E-state index < -0.39 is 23.2 Å². The van der Waals surface area contributed by atoms with Gasteiger partial charge in [0.25, 0.3) is 0 Å². The number of esters is 1. The van der Waals surface area contributed by atoms with Crippen LogP contribution >= 0.6 is 0 Å². The average molecular weight is 498 g/mol. The minimum absolute atomic E-state index is 0.229. The molecule has 2 atom stereocenters. The van der Waals surface area contributed by atoms with Crippen molar-refractivity contribution in [1.29, 1.82) is 0 Å². The SMILES string of the molecule is CCOC(=O)[C@@]1(Cc2ccc(OCc3cc(-c4cccnc4)nc4ccccc34)cc2)CC1C(=O)NO. The molecule has 1 aliphatic carbocycles. The maximum Gasteiger partial charge on any atom is 0.313 e. The van der Waals surface area contributed by atoms with Gasteiger partial charge in [0.05, 0.1) is 29.2 Å². The van der Waals surface area contributed by atoms with Crippen LogP contribution in [-0.4, -0.2) is 33.7 Å². The molecule has 2 aromatic heterocycles. The summed E-state index contributed by atoms with van der Waals surface area (Å²) in [6.45, 7) is 2.31. The Morgan fingerprint density at radius 3 is 2.65 bits per heavy atom. The van der Waals surface area contributed by atoms with E-state index in [-0.39, 0.29) is 6.61 Å². The van der Waals surface area contributed by atoms with Crippen LogP contribution in [0.25, 0.3) is 22.2 Å². The first-order valence-corrected chi connectivity index (χ1v) is 12.2. The smallest absolute Gasteiger partial charge is 0.313 e. The number of aromatic nitrogens is 2. The largest absolute Gasteiger partial charge is 0.489 e. The van der Waals surface area contributed by atoms with Gasteiger partial charge < -0.3 is 9.47 Å². The molecule has 8 nitrogen and oxygen atoms in total. The first-order chi connectivity index (χ1) is 18.0. The number of carbonyl (C=O) groups is 2. The van der Waals surface area contributed by atoms with Gasteiger partial charge in [-0.05, 0) is 61.7 Å². The van der Waals surface area contributed by atoms with Gasteiger partial charge >= 0.3 is 5.97 Å². The molecule has 1 unspecified atom stereocenters. The Bertz CT molecular complexity index is 1420. The van der Waals surface area contributed by atoms with Crippen LogP contribution in [0.4, 0.5) is 0 Å². The van der Waals surface area contributed by atoms with Gasteiger partial charge in [0.1, 0.15) is 12.4 Å². The van der Waals surface area contributed by atoms with Crippen molar-refractivity contribution in [3.63, 3.8) is 0 Å². The van der Waals surface area contributed by atoms with Crippen LogP contribution in [0.5, 0.6) is 5.75 Å². The zero-order valence-electron chi connectivity index (χ0n) is 20.4. The van der Waals surface area contributed by atoms with E-state index in [1.54, 1.807) is 24.8 Å². The second-order valence-corrected chi connectivity index (χ2v) is 9.14. The number of pyridine rings is 2. The summed E-state index contributed by atoms with van der Waals surface area (Å²) in [5, 5.41) is 10.0. The highest BCUT2D eigenvalue weighted by Crippen LogP contribution is 2.56. The summed E-state index contributed by atoms with van der Waals surface area (Å²) in [5.41, 5.74) is 5.23. The molecular weight excluding hydrogens is 470 g/mol. The van der Waals surface area contributed by atoms with Crippen LogP contribution in [0.1, 0.15) is 24.5 Å². The number of para-hydroxylation sites is 1. The van der Waals surface area contributed by atoms with Crippen LogP contribution < -0.4 is 10.2 Å². The number of benzene rings is 2. The lowest BCUT2D eigenvalue weighted by atomic mass is 9.93. The van der Waals surface area contributed by atoms with Gasteiger partial charge in [0, 0.05) is 28.9 Å². The summed E-state index contributed by atoms with van der Waals surface area (Å²) < 4.78 is 11.3. The monoisotopic (exact) mass is 497 g/mol. The molecule has 2 N–H and O–H groups in total. The summed E-state index contributed by atoms with van der Waals surface area (Å²) in [4.78, 5) is 33.6. The molecular formula is C29H27N3O5. The minimum Gasteiger partial charge on any atom is -0.489 e. The summed E-state index contributed by atoms with van der Waals surface area (Å²) >= 11 is 0. The van der Waals surface area contributed by atoms with E-state index in [2.05, 4.69) is 4.98 Å². The summed E-state index contributed by atoms with van der Waals surface area (Å²) in [6.07, 6.45) is 4.20. The van der Waals surface area contributed by atoms with Gasteiger partial charge in [-0.1, -0.05) is 30.3 Å². The highest BCUT2D eigenvalue weighted by molar-refractivity contribution is 5.93. The van der Waals surface area contributed by atoms with Crippen molar-refractivity contribution in [2.24, 2.45) is 11.3 Å². The molecule has 1 aliphatic rings. The molecule has 1 saturated carbocycles. The molecule has 37 heavy (non-hydrogen) atoms. The fourth-order valence-corrected chi connectivity index (χ4v) is 4.75. The number of carbonyl (C=O) groups excluding carboxylic acids is 2. The maximum atomic E-state index is 12.6. The molecule has 4 aromatic rings. The molecule has 0 spiro atoms. The van der Waals surface area contributed by atoms with Crippen LogP contribution in [0, 0.1) is 11.3 Å². The number of fused-ring (bicyclic) bond motifs is 1. The topological polar surface area (TPSA) is 111 Å². The zero-order valence-corrected chi connectivity index (χ0v) is 20.4. The van der Waals surface area contributed by atoms with E-state index in [4.69, 9.17) is 19.7 Å². The molecule has 2 heterocycles. The van der Waals surface area contributed by atoms with Crippen LogP contribution in [0.2, 0.25) is 0 Å². The van der Waals surface area contributed by atoms with Gasteiger partial charge in [0.2, 0.25) is 5.91 Å². The number of rotatable bonds is 9. The number of ether oxygens (including phenoxy) is 2. The highest BCUT2D eigenvalue weighted by Gasteiger charge is 2.64. The van der Waals surface area contributed by atoms with Crippen molar-refractivity contribution in [2.75, 3.05) is 6.61 Å². The van der Waals surface area contributed by atoms with E-state index >= 15 is 0 Å². The van der Waals surface area contributed by atoms with Crippen molar-refractivity contribution < 1.29 is 24.3 Å². The Balaban J connectivity index is 1.32. The molecule has 5 rings (SSSR count). The number of hydrogen-bond acceptors (Lipinski definition) is 7. The fraction of sp³-hybridized carbons (Fsp3) is 0.241. The standard InChI is InChI=1S/C29H27N3O5/c1-2-36-28(34)29(16-24(29)27(33)32-35)15-19-9-11-22(12-10-19)37-18-21-14-26(20-6-5-13-30-17-20)31-25-8-4-3-7-23(21)25/h3-14,17,24,35H,2,15-16,18H2,1H3,(H,32,33)/t24?,29-/m0/s1. The third kappa shape index (κ3) is 5.01. The lowest BCUT2D eigenvalue weighted by Gasteiger charge is -2.16. The Labute approximate surface area is 214 Å². The molecule has 0 saturated heterocycles. The predicted octanol–water partition coefficient (Wildman–Crippen LogP) is 4.49. The second-order valence-electron chi connectivity index (χ2n) is 9.14. The Morgan fingerprint density at radius 1 is 1.11 bits per heavy atom. The summed E-state index contributed by atoms with van der Waals surface area (Å²) in [5.74, 6) is -0.916. The summed E-state index contributed by atoms with van der Waals surface area (Å²) in [6, 6.07) is 21.3. The number of hydrogen-bond donors (Lipinski definition) is 2.